The monoisotopic (exact) mass is 313 g/mol. The van der Waals surface area contributed by atoms with Crippen molar-refractivity contribution >= 4 is 21.7 Å². The van der Waals surface area contributed by atoms with E-state index in [1.165, 1.54) is 0 Å². The molecule has 1 aliphatic rings. The van der Waals surface area contributed by atoms with Crippen LogP contribution in [0, 0.1) is 0 Å². The standard InChI is InChI=1S/C13H19N3O4S/c1-3-7-19-9(2)8-20-11-6-4-5-10-12(11)13(14)16-21(17,18)15-10/h4-6,9,15H,3,7-8H2,1-2H3,(H2,14,16)/t9-/m0/s1. The number of fused-ring (bicyclic) bond motifs is 1. The third-order valence-electron chi connectivity index (χ3n) is 2.82. The van der Waals surface area contributed by atoms with Crippen molar-refractivity contribution in [1.82, 2.24) is 0 Å². The summed E-state index contributed by atoms with van der Waals surface area (Å²) in [5, 5.41) is 0. The molecule has 8 heteroatoms. The van der Waals surface area contributed by atoms with Gasteiger partial charge in [0, 0.05) is 6.61 Å². The van der Waals surface area contributed by atoms with Crippen LogP contribution in [0.3, 0.4) is 0 Å². The normalized spacial score (nSPS) is 17.3. The second-order valence-electron chi connectivity index (χ2n) is 4.72. The van der Waals surface area contributed by atoms with Crippen LogP contribution < -0.4 is 15.2 Å². The largest absolute Gasteiger partial charge is 0.490 e. The summed E-state index contributed by atoms with van der Waals surface area (Å²) in [6.45, 7) is 4.95. The van der Waals surface area contributed by atoms with Crippen molar-refractivity contribution in [3.63, 3.8) is 0 Å². The summed E-state index contributed by atoms with van der Waals surface area (Å²) in [5.74, 6) is 0.393. The molecule has 0 aromatic heterocycles. The molecule has 0 spiro atoms. The van der Waals surface area contributed by atoms with E-state index in [0.717, 1.165) is 6.42 Å². The summed E-state index contributed by atoms with van der Waals surface area (Å²) in [5.41, 5.74) is 6.55. The van der Waals surface area contributed by atoms with Crippen molar-refractivity contribution in [3.05, 3.63) is 23.8 Å². The quantitative estimate of drug-likeness (QED) is 0.823. The first-order chi connectivity index (χ1) is 9.93. The number of amidine groups is 1. The average molecular weight is 313 g/mol. The molecule has 0 amide bonds. The van der Waals surface area contributed by atoms with Gasteiger partial charge in [0.05, 0.1) is 17.4 Å². The first kappa shape index (κ1) is 15.6. The van der Waals surface area contributed by atoms with Crippen LogP contribution >= 0.6 is 0 Å². The van der Waals surface area contributed by atoms with Gasteiger partial charge in [-0.05, 0) is 25.5 Å². The van der Waals surface area contributed by atoms with Gasteiger partial charge in [0.25, 0.3) is 0 Å². The summed E-state index contributed by atoms with van der Waals surface area (Å²) in [6.07, 6.45) is 0.867. The molecule has 3 N–H and O–H groups in total. The van der Waals surface area contributed by atoms with Gasteiger partial charge in [0.2, 0.25) is 0 Å². The molecule has 0 saturated carbocycles. The van der Waals surface area contributed by atoms with E-state index in [2.05, 4.69) is 9.12 Å². The molecule has 1 aromatic carbocycles. The molecule has 116 valence electrons. The molecule has 0 saturated heterocycles. The van der Waals surface area contributed by atoms with Crippen LogP contribution in [-0.4, -0.2) is 33.6 Å². The van der Waals surface area contributed by atoms with Crippen LogP contribution in [0.1, 0.15) is 25.8 Å². The van der Waals surface area contributed by atoms with E-state index in [0.29, 0.717) is 30.2 Å². The van der Waals surface area contributed by atoms with Gasteiger partial charge in [-0.1, -0.05) is 13.0 Å². The maximum atomic E-state index is 11.5. The molecular weight excluding hydrogens is 294 g/mol. The van der Waals surface area contributed by atoms with Crippen molar-refractivity contribution < 1.29 is 17.9 Å². The highest BCUT2D eigenvalue weighted by molar-refractivity contribution is 7.91. The van der Waals surface area contributed by atoms with Crippen molar-refractivity contribution in [3.8, 4) is 5.75 Å². The molecule has 1 aromatic rings. The number of benzene rings is 1. The molecule has 0 bridgehead atoms. The molecule has 21 heavy (non-hydrogen) atoms. The van der Waals surface area contributed by atoms with E-state index in [-0.39, 0.29) is 11.9 Å². The van der Waals surface area contributed by atoms with Crippen LogP contribution in [-0.2, 0) is 14.9 Å². The number of hydrogen-bond donors (Lipinski definition) is 2. The molecule has 7 nitrogen and oxygen atoms in total. The van der Waals surface area contributed by atoms with Gasteiger partial charge in [-0.25, -0.2) is 0 Å². The Morgan fingerprint density at radius 3 is 2.90 bits per heavy atom. The Balaban J connectivity index is 2.16. The lowest BCUT2D eigenvalue weighted by atomic mass is 10.1. The van der Waals surface area contributed by atoms with Crippen molar-refractivity contribution in [2.24, 2.45) is 10.1 Å². The van der Waals surface area contributed by atoms with Crippen LogP contribution in [0.15, 0.2) is 22.6 Å². The highest BCUT2D eigenvalue weighted by Crippen LogP contribution is 2.30. The number of anilines is 1. The Labute approximate surface area is 124 Å². The summed E-state index contributed by atoms with van der Waals surface area (Å²) in [7, 11) is -3.77. The minimum Gasteiger partial charge on any atom is -0.490 e. The maximum Gasteiger partial charge on any atom is 0.344 e. The molecule has 1 aliphatic heterocycles. The third kappa shape index (κ3) is 3.85. The molecule has 0 aliphatic carbocycles. The Hall–Kier alpha value is -1.80. The van der Waals surface area contributed by atoms with Crippen molar-refractivity contribution in [2.45, 2.75) is 26.4 Å². The fourth-order valence-corrected chi connectivity index (χ4v) is 2.76. The Morgan fingerprint density at radius 2 is 2.19 bits per heavy atom. The number of nitrogens with two attached hydrogens (primary N) is 1. The van der Waals surface area contributed by atoms with Gasteiger partial charge < -0.3 is 15.2 Å². The second kappa shape index (κ2) is 6.31. The number of ether oxygens (including phenoxy) is 2. The van der Waals surface area contributed by atoms with Crippen LogP contribution in [0.2, 0.25) is 0 Å². The lowest BCUT2D eigenvalue weighted by Crippen LogP contribution is -2.27. The fourth-order valence-electron chi connectivity index (χ4n) is 1.91. The summed E-state index contributed by atoms with van der Waals surface area (Å²) in [4.78, 5) is 0. The van der Waals surface area contributed by atoms with Gasteiger partial charge in [-0.15, -0.1) is 4.40 Å². The van der Waals surface area contributed by atoms with E-state index in [1.54, 1.807) is 18.2 Å². The van der Waals surface area contributed by atoms with Gasteiger partial charge >= 0.3 is 10.2 Å². The lowest BCUT2D eigenvalue weighted by Gasteiger charge is -2.20. The number of hydrogen-bond acceptors (Lipinski definition) is 5. The van der Waals surface area contributed by atoms with Gasteiger partial charge in [-0.2, -0.15) is 8.42 Å². The van der Waals surface area contributed by atoms with Crippen LogP contribution in [0.25, 0.3) is 0 Å². The molecular formula is C13H19N3O4S. The zero-order valence-electron chi connectivity index (χ0n) is 12.0. The number of rotatable bonds is 6. The predicted octanol–water partition coefficient (Wildman–Crippen LogP) is 1.26. The molecule has 0 fully saturated rings. The summed E-state index contributed by atoms with van der Waals surface area (Å²) >= 11 is 0. The van der Waals surface area contributed by atoms with Gasteiger partial charge in [0.15, 0.2) is 5.84 Å². The zero-order chi connectivity index (χ0) is 15.5. The summed E-state index contributed by atoms with van der Waals surface area (Å²) in [6, 6.07) is 5.01. The van der Waals surface area contributed by atoms with Crippen molar-refractivity contribution in [2.75, 3.05) is 17.9 Å². The van der Waals surface area contributed by atoms with E-state index in [9.17, 15) is 8.42 Å². The molecule has 0 radical (unpaired) electrons. The zero-order valence-corrected chi connectivity index (χ0v) is 12.8. The number of nitrogens with zero attached hydrogens (tertiary/aromatic N) is 1. The molecule has 1 atom stereocenters. The topological polar surface area (TPSA) is 103 Å². The number of nitrogens with one attached hydrogen (secondary N) is 1. The Morgan fingerprint density at radius 1 is 1.43 bits per heavy atom. The Bertz CT molecular complexity index is 643. The highest BCUT2D eigenvalue weighted by Gasteiger charge is 2.24. The fraction of sp³-hybridized carbons (Fsp3) is 0.462. The van der Waals surface area contributed by atoms with Crippen LogP contribution in [0.5, 0.6) is 5.75 Å². The van der Waals surface area contributed by atoms with Crippen molar-refractivity contribution in [1.29, 1.82) is 0 Å². The minimum atomic E-state index is -3.77. The van der Waals surface area contributed by atoms with E-state index < -0.39 is 10.2 Å². The van der Waals surface area contributed by atoms with E-state index in [4.69, 9.17) is 15.2 Å². The van der Waals surface area contributed by atoms with E-state index in [1.807, 2.05) is 13.8 Å². The highest BCUT2D eigenvalue weighted by atomic mass is 32.2. The van der Waals surface area contributed by atoms with Gasteiger partial charge in [0.1, 0.15) is 12.4 Å². The molecule has 1 heterocycles. The lowest BCUT2D eigenvalue weighted by molar-refractivity contribution is 0.0327. The molecule has 2 rings (SSSR count). The van der Waals surface area contributed by atoms with Gasteiger partial charge in [-0.3, -0.25) is 4.72 Å². The predicted molar refractivity (Wildman–Crippen MR) is 80.9 cm³/mol. The average Bonchev–Trinajstić information content (AvgIpc) is 2.41. The third-order valence-corrected chi connectivity index (χ3v) is 3.73. The maximum absolute atomic E-state index is 11.5. The first-order valence-corrected chi connectivity index (χ1v) is 8.13. The molecule has 0 unspecified atom stereocenters. The summed E-state index contributed by atoms with van der Waals surface area (Å²) < 4.78 is 39.9. The minimum absolute atomic E-state index is 0.0701. The first-order valence-electron chi connectivity index (χ1n) is 6.69. The van der Waals surface area contributed by atoms with E-state index >= 15 is 0 Å². The Kier molecular flexibility index (Phi) is 4.69. The smallest absolute Gasteiger partial charge is 0.344 e. The second-order valence-corrected chi connectivity index (χ2v) is 6.06. The van der Waals surface area contributed by atoms with Crippen LogP contribution in [0.4, 0.5) is 5.69 Å². The SMILES string of the molecule is CCCO[C@@H](C)COc1cccc2c1C(N)=NS(=O)(=O)N2.